The van der Waals surface area contributed by atoms with Gasteiger partial charge in [-0.1, -0.05) is 0 Å². The topological polar surface area (TPSA) is 77.7 Å². The third-order valence-corrected chi connectivity index (χ3v) is 4.50. The van der Waals surface area contributed by atoms with Crippen LogP contribution >= 0.6 is 0 Å². The van der Waals surface area contributed by atoms with E-state index in [9.17, 15) is 30.4 Å². The summed E-state index contributed by atoms with van der Waals surface area (Å²) in [6.45, 7) is 0. The van der Waals surface area contributed by atoms with Crippen molar-refractivity contribution in [2.24, 2.45) is 0 Å². The normalized spacial score (nSPS) is 12.4. The Bertz CT molecular complexity index is 1110. The van der Waals surface area contributed by atoms with Crippen LogP contribution < -0.4 is 0 Å². The molecule has 0 unspecified atom stereocenters. The number of sulfone groups is 1. The van der Waals surface area contributed by atoms with E-state index in [0.717, 1.165) is 36.7 Å². The van der Waals surface area contributed by atoms with E-state index < -0.39 is 44.9 Å². The predicted molar refractivity (Wildman–Crippen MR) is 82.6 cm³/mol. The van der Waals surface area contributed by atoms with Gasteiger partial charge in [-0.3, -0.25) is 0 Å². The Labute approximate surface area is 149 Å². The molecule has 0 aliphatic rings. The average Bonchev–Trinajstić information content (AvgIpc) is 2.99. The quantitative estimate of drug-likeness (QED) is 0.627. The van der Waals surface area contributed by atoms with Gasteiger partial charge in [-0.2, -0.15) is 17.9 Å². The van der Waals surface area contributed by atoms with Crippen LogP contribution in [0.5, 0.6) is 0 Å². The molecule has 1 aromatic carbocycles. The molecule has 0 aliphatic heterocycles. The Hall–Kier alpha value is -2.89. The molecule has 0 bridgehead atoms. The molecule has 142 valence electrons. The van der Waals surface area contributed by atoms with Gasteiger partial charge in [0.25, 0.3) is 5.82 Å². The van der Waals surface area contributed by atoms with Crippen molar-refractivity contribution in [1.29, 1.82) is 0 Å². The highest BCUT2D eigenvalue weighted by Crippen LogP contribution is 2.31. The monoisotopic (exact) mass is 404 g/mol. The van der Waals surface area contributed by atoms with Gasteiger partial charge in [-0.15, -0.1) is 5.10 Å². The zero-order valence-corrected chi connectivity index (χ0v) is 14.2. The molecule has 0 radical (unpaired) electrons. The number of alkyl halides is 3. The first-order chi connectivity index (χ1) is 12.5. The van der Waals surface area contributed by atoms with Gasteiger partial charge in [0.15, 0.2) is 21.5 Å². The summed E-state index contributed by atoms with van der Waals surface area (Å²) in [6, 6.07) is 4.45. The van der Waals surface area contributed by atoms with Crippen LogP contribution in [-0.2, 0) is 16.0 Å². The van der Waals surface area contributed by atoms with Crippen LogP contribution in [0.25, 0.3) is 17.2 Å². The minimum atomic E-state index is -4.93. The van der Waals surface area contributed by atoms with Crippen LogP contribution in [0.1, 0.15) is 5.82 Å². The van der Waals surface area contributed by atoms with Crippen molar-refractivity contribution in [3.05, 3.63) is 54.0 Å². The molecule has 0 fully saturated rings. The van der Waals surface area contributed by atoms with E-state index >= 15 is 0 Å². The van der Waals surface area contributed by atoms with Gasteiger partial charge in [-0.25, -0.2) is 27.2 Å². The Morgan fingerprint density at radius 2 is 1.78 bits per heavy atom. The zero-order chi connectivity index (χ0) is 20.0. The summed E-state index contributed by atoms with van der Waals surface area (Å²) in [5.74, 6) is -4.43. The summed E-state index contributed by atoms with van der Waals surface area (Å²) in [6.07, 6.45) is -3.08. The lowest BCUT2D eigenvalue weighted by atomic mass is 10.2. The maximum Gasteiger partial charge on any atom is 0.453 e. The molecule has 2 heterocycles. The molecule has 0 saturated carbocycles. The summed E-state index contributed by atoms with van der Waals surface area (Å²) in [4.78, 5) is 6.89. The highest BCUT2D eigenvalue weighted by atomic mass is 32.2. The molecule has 12 heteroatoms. The fourth-order valence-corrected chi connectivity index (χ4v) is 2.71. The number of hydrogen-bond acceptors (Lipinski definition) is 5. The second-order valence-electron chi connectivity index (χ2n) is 5.42. The van der Waals surface area contributed by atoms with Gasteiger partial charge in [0.05, 0.1) is 10.5 Å². The van der Waals surface area contributed by atoms with Crippen molar-refractivity contribution in [2.75, 3.05) is 6.26 Å². The molecule has 0 atom stereocenters. The summed E-state index contributed by atoms with van der Waals surface area (Å²) in [5, 5.41) is 3.29. The van der Waals surface area contributed by atoms with E-state index in [0.29, 0.717) is 10.7 Å². The Morgan fingerprint density at radius 1 is 1.07 bits per heavy atom. The second kappa shape index (κ2) is 6.37. The smallest absolute Gasteiger partial charge is 0.236 e. The van der Waals surface area contributed by atoms with Crippen LogP contribution in [0.2, 0.25) is 0 Å². The fourth-order valence-electron chi connectivity index (χ4n) is 2.15. The maximum absolute atomic E-state index is 14.1. The van der Waals surface area contributed by atoms with Gasteiger partial charge >= 0.3 is 6.18 Å². The van der Waals surface area contributed by atoms with Crippen molar-refractivity contribution >= 4 is 9.84 Å². The number of nitrogens with zero attached hydrogens (tertiary/aromatic N) is 4. The number of hydrogen-bond donors (Lipinski definition) is 0. The first-order valence-electron chi connectivity index (χ1n) is 7.13. The zero-order valence-electron chi connectivity index (χ0n) is 13.4. The van der Waals surface area contributed by atoms with Gasteiger partial charge in [0.1, 0.15) is 11.6 Å². The van der Waals surface area contributed by atoms with Gasteiger partial charge in [-0.05, 0) is 24.3 Å². The Morgan fingerprint density at radius 3 is 2.30 bits per heavy atom. The minimum absolute atomic E-state index is 0.170. The second-order valence-corrected chi connectivity index (χ2v) is 7.43. The van der Waals surface area contributed by atoms with E-state index in [1.54, 1.807) is 0 Å². The first kappa shape index (κ1) is 18.9. The largest absolute Gasteiger partial charge is 0.453 e. The highest BCUT2D eigenvalue weighted by molar-refractivity contribution is 7.90. The third-order valence-electron chi connectivity index (χ3n) is 3.40. The molecule has 0 spiro atoms. The van der Waals surface area contributed by atoms with Crippen LogP contribution in [0.3, 0.4) is 0 Å². The number of pyridine rings is 1. The van der Waals surface area contributed by atoms with Crippen LogP contribution in [0.4, 0.5) is 22.0 Å². The number of aromatic nitrogens is 4. The average molecular weight is 404 g/mol. The third kappa shape index (κ3) is 3.79. The van der Waals surface area contributed by atoms with Crippen molar-refractivity contribution in [1.82, 2.24) is 19.7 Å². The Balaban J connectivity index is 2.21. The van der Waals surface area contributed by atoms with Crippen molar-refractivity contribution in [2.45, 2.75) is 11.1 Å². The molecule has 0 amide bonds. The molecule has 0 N–H and O–H groups in total. The van der Waals surface area contributed by atoms with E-state index in [-0.39, 0.29) is 10.7 Å². The molecule has 0 saturated heterocycles. The van der Waals surface area contributed by atoms with E-state index in [4.69, 9.17) is 0 Å². The lowest BCUT2D eigenvalue weighted by Crippen LogP contribution is -2.09. The first-order valence-corrected chi connectivity index (χ1v) is 9.02. The molecular formula is C15H9F5N4O2S. The summed E-state index contributed by atoms with van der Waals surface area (Å²) < 4.78 is 89.7. The molecule has 6 nitrogen and oxygen atoms in total. The van der Waals surface area contributed by atoms with Crippen molar-refractivity contribution < 1.29 is 30.4 Å². The van der Waals surface area contributed by atoms with Gasteiger partial charge in [0.2, 0.25) is 0 Å². The van der Waals surface area contributed by atoms with Gasteiger partial charge in [0, 0.05) is 18.5 Å². The van der Waals surface area contributed by atoms with E-state index in [2.05, 4.69) is 15.1 Å². The SMILES string of the molecule is CS(=O)(=O)c1ccc(-n2nc(C(F)(F)F)nc2-c2ccc(F)cc2F)nc1. The molecule has 0 aliphatic carbocycles. The van der Waals surface area contributed by atoms with E-state index in [1.807, 2.05) is 0 Å². The van der Waals surface area contributed by atoms with Crippen LogP contribution in [-0.4, -0.2) is 34.4 Å². The summed E-state index contributed by atoms with van der Waals surface area (Å²) in [7, 11) is -3.58. The van der Waals surface area contributed by atoms with Gasteiger partial charge < -0.3 is 0 Å². The molecule has 3 rings (SSSR count). The predicted octanol–water partition coefficient (Wildman–Crippen LogP) is 3.03. The minimum Gasteiger partial charge on any atom is -0.236 e. The fraction of sp³-hybridized carbons (Fsp3) is 0.133. The number of benzene rings is 1. The number of halogens is 5. The van der Waals surface area contributed by atoms with Crippen molar-refractivity contribution in [3.63, 3.8) is 0 Å². The highest BCUT2D eigenvalue weighted by Gasteiger charge is 2.38. The standard InChI is InChI=1S/C15H9F5N4O2S/c1-27(25,26)9-3-5-12(21-7-9)24-13(22-14(23-24)15(18,19)20)10-4-2-8(16)6-11(10)17/h2-7H,1H3. The van der Waals surface area contributed by atoms with E-state index in [1.165, 1.54) is 0 Å². The molecule has 3 aromatic rings. The van der Waals surface area contributed by atoms with Crippen LogP contribution in [0.15, 0.2) is 41.4 Å². The summed E-state index contributed by atoms with van der Waals surface area (Å²) >= 11 is 0. The number of rotatable bonds is 3. The lowest BCUT2D eigenvalue weighted by Gasteiger charge is -2.07. The Kier molecular flexibility index (Phi) is 4.46. The molecular weight excluding hydrogens is 395 g/mol. The lowest BCUT2D eigenvalue weighted by molar-refractivity contribution is -0.144. The maximum atomic E-state index is 14.1. The van der Waals surface area contributed by atoms with Crippen molar-refractivity contribution in [3.8, 4) is 17.2 Å². The molecule has 27 heavy (non-hydrogen) atoms. The summed E-state index contributed by atoms with van der Waals surface area (Å²) in [5.41, 5.74) is -0.437. The van der Waals surface area contributed by atoms with Crippen LogP contribution in [0, 0.1) is 11.6 Å². The molecule has 2 aromatic heterocycles.